The average Bonchev–Trinajstić information content (AvgIpc) is 2.12. The highest BCUT2D eigenvalue weighted by Gasteiger charge is 2.15. The molecule has 0 aliphatic heterocycles. The number of rotatable bonds is 7. The van der Waals surface area contributed by atoms with Gasteiger partial charge >= 0.3 is 0 Å². The van der Waals surface area contributed by atoms with Gasteiger partial charge in [0.15, 0.2) is 0 Å². The van der Waals surface area contributed by atoms with Gasteiger partial charge in [0.2, 0.25) is 0 Å². The highest BCUT2D eigenvalue weighted by molar-refractivity contribution is 4.71. The van der Waals surface area contributed by atoms with Gasteiger partial charge in [-0.3, -0.25) is 11.3 Å². The van der Waals surface area contributed by atoms with Crippen molar-refractivity contribution < 1.29 is 0 Å². The van der Waals surface area contributed by atoms with Crippen LogP contribution in [0.25, 0.3) is 0 Å². The van der Waals surface area contributed by atoms with E-state index in [2.05, 4.69) is 26.2 Å². The summed E-state index contributed by atoms with van der Waals surface area (Å²) < 4.78 is 0. The van der Waals surface area contributed by atoms with Crippen molar-refractivity contribution in [3.8, 4) is 0 Å². The lowest BCUT2D eigenvalue weighted by Gasteiger charge is -2.24. The number of hydrogen-bond donors (Lipinski definition) is 2. The van der Waals surface area contributed by atoms with Crippen molar-refractivity contribution in [1.82, 2.24) is 5.43 Å². The van der Waals surface area contributed by atoms with Crippen LogP contribution in [0.5, 0.6) is 0 Å². The van der Waals surface area contributed by atoms with Gasteiger partial charge in [-0.1, -0.05) is 46.5 Å². The van der Waals surface area contributed by atoms with E-state index in [1.165, 1.54) is 32.1 Å². The number of nitrogens with two attached hydrogens (primary N) is 1. The van der Waals surface area contributed by atoms with Crippen LogP contribution in [0, 0.1) is 5.92 Å². The first-order chi connectivity index (χ1) is 5.79. The lowest BCUT2D eigenvalue weighted by molar-refractivity contribution is 0.315. The van der Waals surface area contributed by atoms with Gasteiger partial charge in [0.05, 0.1) is 0 Å². The van der Waals surface area contributed by atoms with Crippen LogP contribution >= 0.6 is 0 Å². The fraction of sp³-hybridized carbons (Fsp3) is 1.00. The van der Waals surface area contributed by atoms with Crippen molar-refractivity contribution in [2.45, 2.75) is 58.9 Å². The van der Waals surface area contributed by atoms with Gasteiger partial charge in [-0.25, -0.2) is 0 Å². The molecule has 0 saturated heterocycles. The van der Waals surface area contributed by atoms with E-state index in [0.717, 1.165) is 5.92 Å². The minimum atomic E-state index is 0.528. The first kappa shape index (κ1) is 11.9. The predicted octanol–water partition coefficient (Wildman–Crippen LogP) is 2.44. The van der Waals surface area contributed by atoms with Crippen LogP contribution in [0.4, 0.5) is 0 Å². The van der Waals surface area contributed by atoms with E-state index in [4.69, 9.17) is 5.84 Å². The van der Waals surface area contributed by atoms with E-state index < -0.39 is 0 Å². The molecule has 0 heterocycles. The van der Waals surface area contributed by atoms with Crippen LogP contribution in [0.1, 0.15) is 52.9 Å². The summed E-state index contributed by atoms with van der Waals surface area (Å²) in [6.45, 7) is 6.70. The van der Waals surface area contributed by atoms with E-state index in [1.807, 2.05) is 0 Å². The van der Waals surface area contributed by atoms with E-state index in [1.54, 1.807) is 0 Å². The Labute approximate surface area is 76.9 Å². The maximum Gasteiger partial charge on any atom is 0.0238 e. The fourth-order valence-electron chi connectivity index (χ4n) is 1.74. The van der Waals surface area contributed by atoms with Crippen LogP contribution in [-0.2, 0) is 0 Å². The Balaban J connectivity index is 3.75. The van der Waals surface area contributed by atoms with Crippen molar-refractivity contribution >= 4 is 0 Å². The van der Waals surface area contributed by atoms with Gasteiger partial charge < -0.3 is 0 Å². The molecule has 0 aromatic carbocycles. The van der Waals surface area contributed by atoms with Crippen LogP contribution in [0.2, 0.25) is 0 Å². The molecule has 74 valence electrons. The summed E-state index contributed by atoms with van der Waals surface area (Å²) >= 11 is 0. The molecule has 0 spiro atoms. The third-order valence-corrected chi connectivity index (χ3v) is 2.70. The number of unbranched alkanes of at least 4 members (excludes halogenated alkanes) is 1. The Kier molecular flexibility index (Phi) is 7.51. The smallest absolute Gasteiger partial charge is 0.0238 e. The van der Waals surface area contributed by atoms with E-state index in [-0.39, 0.29) is 0 Å². The predicted molar refractivity (Wildman–Crippen MR) is 54.7 cm³/mol. The van der Waals surface area contributed by atoms with Crippen molar-refractivity contribution in [1.29, 1.82) is 0 Å². The first-order valence-electron chi connectivity index (χ1n) is 5.26. The van der Waals surface area contributed by atoms with Gasteiger partial charge in [0.25, 0.3) is 0 Å². The molecule has 0 aromatic heterocycles. The SMILES string of the molecule is CCCC[C@@H](NN)C(CC)CC. The highest BCUT2D eigenvalue weighted by Crippen LogP contribution is 2.16. The zero-order valence-corrected chi connectivity index (χ0v) is 8.77. The molecule has 3 N–H and O–H groups in total. The summed E-state index contributed by atoms with van der Waals surface area (Å²) in [5, 5.41) is 0. The minimum absolute atomic E-state index is 0.528. The Hall–Kier alpha value is -0.0800. The molecule has 1 atom stereocenters. The molecule has 0 radical (unpaired) electrons. The Morgan fingerprint density at radius 3 is 2.08 bits per heavy atom. The molecule has 0 unspecified atom stereocenters. The molecule has 0 saturated carbocycles. The molecule has 12 heavy (non-hydrogen) atoms. The average molecular weight is 172 g/mol. The van der Waals surface area contributed by atoms with Crippen LogP contribution in [0.3, 0.4) is 0 Å². The van der Waals surface area contributed by atoms with Crippen LogP contribution in [0.15, 0.2) is 0 Å². The standard InChI is InChI=1S/C10H24N2/c1-4-7-8-10(12-11)9(5-2)6-3/h9-10,12H,4-8,11H2,1-3H3/t10-/m1/s1. The second kappa shape index (κ2) is 7.56. The zero-order valence-electron chi connectivity index (χ0n) is 8.77. The van der Waals surface area contributed by atoms with E-state index in [9.17, 15) is 0 Å². The summed E-state index contributed by atoms with van der Waals surface area (Å²) in [4.78, 5) is 0. The lowest BCUT2D eigenvalue weighted by atomic mass is 9.91. The number of hydrazine groups is 1. The molecule has 0 aliphatic rings. The van der Waals surface area contributed by atoms with Gasteiger partial charge in [-0.2, -0.15) is 0 Å². The van der Waals surface area contributed by atoms with Crippen molar-refractivity contribution in [2.75, 3.05) is 0 Å². The van der Waals surface area contributed by atoms with E-state index >= 15 is 0 Å². The quantitative estimate of drug-likeness (QED) is 0.457. The fourth-order valence-corrected chi connectivity index (χ4v) is 1.74. The summed E-state index contributed by atoms with van der Waals surface area (Å²) in [6, 6.07) is 0.528. The third kappa shape index (κ3) is 4.07. The highest BCUT2D eigenvalue weighted by atomic mass is 15.2. The molecular formula is C10H24N2. The van der Waals surface area contributed by atoms with Crippen molar-refractivity contribution in [3.05, 3.63) is 0 Å². The van der Waals surface area contributed by atoms with Gasteiger partial charge in [-0.15, -0.1) is 0 Å². The largest absolute Gasteiger partial charge is 0.271 e. The minimum Gasteiger partial charge on any atom is -0.271 e. The topological polar surface area (TPSA) is 38.0 Å². The Morgan fingerprint density at radius 1 is 1.17 bits per heavy atom. The maximum atomic E-state index is 5.52. The molecular weight excluding hydrogens is 148 g/mol. The molecule has 0 rings (SSSR count). The molecule has 0 bridgehead atoms. The molecule has 2 nitrogen and oxygen atoms in total. The summed E-state index contributed by atoms with van der Waals surface area (Å²) in [5.41, 5.74) is 2.94. The molecule has 0 aromatic rings. The summed E-state index contributed by atoms with van der Waals surface area (Å²) in [6.07, 6.45) is 6.23. The molecule has 0 amide bonds. The van der Waals surface area contributed by atoms with Crippen LogP contribution in [-0.4, -0.2) is 6.04 Å². The van der Waals surface area contributed by atoms with Gasteiger partial charge in [-0.05, 0) is 12.3 Å². The summed E-state index contributed by atoms with van der Waals surface area (Å²) in [5.74, 6) is 6.27. The molecule has 0 fully saturated rings. The lowest BCUT2D eigenvalue weighted by Crippen LogP contribution is -2.40. The third-order valence-electron chi connectivity index (χ3n) is 2.70. The normalized spacial score (nSPS) is 13.8. The maximum absolute atomic E-state index is 5.52. The molecule has 0 aliphatic carbocycles. The van der Waals surface area contributed by atoms with Crippen LogP contribution < -0.4 is 11.3 Å². The first-order valence-corrected chi connectivity index (χ1v) is 5.26. The number of hydrogen-bond acceptors (Lipinski definition) is 2. The van der Waals surface area contributed by atoms with Crippen molar-refractivity contribution in [2.24, 2.45) is 11.8 Å². The second-order valence-electron chi connectivity index (χ2n) is 3.49. The zero-order chi connectivity index (χ0) is 9.40. The van der Waals surface area contributed by atoms with Gasteiger partial charge in [0, 0.05) is 6.04 Å². The Morgan fingerprint density at radius 2 is 1.75 bits per heavy atom. The Bertz CT molecular complexity index is 89.8. The number of nitrogens with one attached hydrogen (secondary N) is 1. The molecule has 2 heteroatoms. The van der Waals surface area contributed by atoms with Crippen molar-refractivity contribution in [3.63, 3.8) is 0 Å². The second-order valence-corrected chi connectivity index (χ2v) is 3.49. The van der Waals surface area contributed by atoms with Gasteiger partial charge in [0.1, 0.15) is 0 Å². The monoisotopic (exact) mass is 172 g/mol. The van der Waals surface area contributed by atoms with E-state index in [0.29, 0.717) is 6.04 Å². The summed E-state index contributed by atoms with van der Waals surface area (Å²) in [7, 11) is 0.